The van der Waals surface area contributed by atoms with Crippen LogP contribution < -0.4 is 10.5 Å². The van der Waals surface area contributed by atoms with Gasteiger partial charge in [-0.25, -0.2) is 0 Å². The highest BCUT2D eigenvalue weighted by molar-refractivity contribution is 5.57. The second kappa shape index (κ2) is 5.49. The first kappa shape index (κ1) is 13.2. The van der Waals surface area contributed by atoms with Gasteiger partial charge in [0.1, 0.15) is 0 Å². The van der Waals surface area contributed by atoms with E-state index in [4.69, 9.17) is 10.5 Å². The zero-order valence-electron chi connectivity index (χ0n) is 9.84. The van der Waals surface area contributed by atoms with Crippen LogP contribution in [0.4, 0.5) is 5.69 Å². The molecule has 6 nitrogen and oxygen atoms in total. The molecule has 0 aliphatic heterocycles. The molecule has 0 heterocycles. The van der Waals surface area contributed by atoms with Gasteiger partial charge >= 0.3 is 5.69 Å². The number of ether oxygens (including phenoxy) is 1. The Balaban J connectivity index is 3.07. The molecule has 0 saturated carbocycles. The van der Waals surface area contributed by atoms with Crippen molar-refractivity contribution < 1.29 is 14.8 Å². The third-order valence-corrected chi connectivity index (χ3v) is 2.42. The molecule has 94 valence electrons. The smallest absolute Gasteiger partial charge is 0.314 e. The lowest BCUT2D eigenvalue weighted by molar-refractivity contribution is -0.386. The largest absolute Gasteiger partial charge is 0.500 e. The minimum absolute atomic E-state index is 0.0221. The zero-order chi connectivity index (χ0) is 13.0. The van der Waals surface area contributed by atoms with Crippen LogP contribution in [0, 0.1) is 10.1 Å². The van der Waals surface area contributed by atoms with Crippen molar-refractivity contribution in [2.75, 3.05) is 7.11 Å². The van der Waals surface area contributed by atoms with Gasteiger partial charge < -0.3 is 15.6 Å². The summed E-state index contributed by atoms with van der Waals surface area (Å²) in [4.78, 5) is 10.1. The number of nitrogens with two attached hydrogens (primary N) is 1. The summed E-state index contributed by atoms with van der Waals surface area (Å²) in [5, 5.41) is 20.3. The molecule has 0 aliphatic rings. The van der Waals surface area contributed by atoms with E-state index < -0.39 is 10.7 Å². The molecule has 0 saturated heterocycles. The number of benzene rings is 1. The van der Waals surface area contributed by atoms with E-state index in [9.17, 15) is 15.2 Å². The van der Waals surface area contributed by atoms with Crippen LogP contribution in [-0.2, 0) is 6.42 Å². The number of rotatable bonds is 5. The number of phenolic OH excluding ortho intramolecular Hbond substituents is 1. The van der Waals surface area contributed by atoms with Crippen molar-refractivity contribution in [3.05, 3.63) is 27.8 Å². The number of aryl methyl sites for hydroxylation is 1. The van der Waals surface area contributed by atoms with Crippen LogP contribution in [0.25, 0.3) is 0 Å². The topological polar surface area (TPSA) is 98.6 Å². The summed E-state index contributed by atoms with van der Waals surface area (Å²) < 4.78 is 4.90. The number of hydrogen-bond acceptors (Lipinski definition) is 5. The minimum atomic E-state index is -0.632. The minimum Gasteiger partial charge on any atom is -0.500 e. The zero-order valence-corrected chi connectivity index (χ0v) is 9.84. The molecule has 0 unspecified atom stereocenters. The van der Waals surface area contributed by atoms with Gasteiger partial charge in [-0.05, 0) is 31.4 Å². The quantitative estimate of drug-likeness (QED) is 0.601. The fraction of sp³-hybridized carbons (Fsp3) is 0.455. The Morgan fingerprint density at radius 1 is 1.59 bits per heavy atom. The highest BCUT2D eigenvalue weighted by atomic mass is 16.6. The number of aromatic hydroxyl groups is 1. The normalized spacial score (nSPS) is 12.2. The van der Waals surface area contributed by atoms with Gasteiger partial charge in [-0.1, -0.05) is 0 Å². The average Bonchev–Trinajstić information content (AvgIpc) is 2.27. The van der Waals surface area contributed by atoms with Crippen LogP contribution in [0.1, 0.15) is 18.9 Å². The highest BCUT2D eigenvalue weighted by Gasteiger charge is 2.19. The molecular weight excluding hydrogens is 224 g/mol. The fourth-order valence-electron chi connectivity index (χ4n) is 1.48. The van der Waals surface area contributed by atoms with E-state index >= 15 is 0 Å². The van der Waals surface area contributed by atoms with E-state index in [2.05, 4.69) is 0 Å². The maximum Gasteiger partial charge on any atom is 0.314 e. The van der Waals surface area contributed by atoms with E-state index in [0.29, 0.717) is 12.8 Å². The molecule has 1 rings (SSSR count). The van der Waals surface area contributed by atoms with Crippen LogP contribution in [0.15, 0.2) is 12.1 Å². The van der Waals surface area contributed by atoms with Crippen LogP contribution in [-0.4, -0.2) is 23.2 Å². The molecule has 17 heavy (non-hydrogen) atoms. The molecule has 0 aromatic heterocycles. The SMILES string of the molecule is COc1cc(CC[C@@H](C)N)cc([N+](=O)[O-])c1O. The van der Waals surface area contributed by atoms with Crippen LogP contribution in [0.5, 0.6) is 11.5 Å². The van der Waals surface area contributed by atoms with Gasteiger partial charge in [-0.2, -0.15) is 0 Å². The Bertz CT molecular complexity index is 418. The molecule has 0 radical (unpaired) electrons. The first-order chi connectivity index (χ1) is 7.95. The fourth-order valence-corrected chi connectivity index (χ4v) is 1.48. The number of methoxy groups -OCH3 is 1. The summed E-state index contributed by atoms with van der Waals surface area (Å²) in [5.74, 6) is -0.332. The van der Waals surface area contributed by atoms with Gasteiger partial charge in [0.15, 0.2) is 5.75 Å². The highest BCUT2D eigenvalue weighted by Crippen LogP contribution is 2.37. The van der Waals surface area contributed by atoms with Crippen molar-refractivity contribution >= 4 is 5.69 Å². The monoisotopic (exact) mass is 240 g/mol. The number of nitro groups is 1. The van der Waals surface area contributed by atoms with Crippen molar-refractivity contribution in [3.63, 3.8) is 0 Å². The van der Waals surface area contributed by atoms with Gasteiger partial charge in [0.2, 0.25) is 5.75 Å². The maximum atomic E-state index is 10.7. The molecule has 1 aromatic rings. The number of nitrogens with zero attached hydrogens (tertiary/aromatic N) is 1. The van der Waals surface area contributed by atoms with Gasteiger partial charge in [-0.3, -0.25) is 10.1 Å². The van der Waals surface area contributed by atoms with E-state index in [1.54, 1.807) is 6.07 Å². The summed E-state index contributed by atoms with van der Waals surface area (Å²) in [5.41, 5.74) is 6.01. The lowest BCUT2D eigenvalue weighted by atomic mass is 10.0. The molecule has 1 atom stereocenters. The third kappa shape index (κ3) is 3.32. The van der Waals surface area contributed by atoms with Crippen molar-refractivity contribution in [1.82, 2.24) is 0 Å². The molecule has 0 aliphatic carbocycles. The van der Waals surface area contributed by atoms with Crippen molar-refractivity contribution in [2.45, 2.75) is 25.8 Å². The van der Waals surface area contributed by atoms with E-state index in [-0.39, 0.29) is 17.5 Å². The molecular formula is C11H16N2O4. The number of phenols is 1. The van der Waals surface area contributed by atoms with Gasteiger partial charge in [0.05, 0.1) is 12.0 Å². The Morgan fingerprint density at radius 2 is 2.24 bits per heavy atom. The summed E-state index contributed by atoms with van der Waals surface area (Å²) in [7, 11) is 1.36. The molecule has 0 amide bonds. The lowest BCUT2D eigenvalue weighted by Gasteiger charge is -2.08. The Labute approximate surface area is 99.2 Å². The van der Waals surface area contributed by atoms with E-state index in [0.717, 1.165) is 5.56 Å². The second-order valence-electron chi connectivity index (χ2n) is 3.94. The molecule has 0 fully saturated rings. The van der Waals surface area contributed by atoms with E-state index in [1.165, 1.54) is 13.2 Å². The van der Waals surface area contributed by atoms with Gasteiger partial charge in [0, 0.05) is 12.1 Å². The van der Waals surface area contributed by atoms with Crippen LogP contribution in [0.2, 0.25) is 0 Å². The molecule has 1 aromatic carbocycles. The Morgan fingerprint density at radius 3 is 2.71 bits per heavy atom. The molecule has 0 bridgehead atoms. The van der Waals surface area contributed by atoms with Crippen molar-refractivity contribution in [1.29, 1.82) is 0 Å². The predicted octanol–water partition coefficient (Wildman–Crippen LogP) is 1.59. The van der Waals surface area contributed by atoms with E-state index in [1.807, 2.05) is 6.92 Å². The van der Waals surface area contributed by atoms with Gasteiger partial charge in [-0.15, -0.1) is 0 Å². The summed E-state index contributed by atoms with van der Waals surface area (Å²) >= 11 is 0. The Kier molecular flexibility index (Phi) is 4.28. The Hall–Kier alpha value is -1.82. The lowest BCUT2D eigenvalue weighted by Crippen LogP contribution is -2.15. The van der Waals surface area contributed by atoms with Crippen molar-refractivity contribution in [2.24, 2.45) is 5.73 Å². The number of nitro benzene ring substituents is 1. The molecule has 3 N–H and O–H groups in total. The number of hydrogen-bond donors (Lipinski definition) is 2. The standard InChI is InChI=1S/C11H16N2O4/c1-7(12)3-4-8-5-9(13(15)16)11(14)10(6-8)17-2/h5-7,14H,3-4,12H2,1-2H3/t7-/m1/s1. The second-order valence-corrected chi connectivity index (χ2v) is 3.94. The summed E-state index contributed by atoms with van der Waals surface area (Å²) in [6.45, 7) is 1.87. The summed E-state index contributed by atoms with van der Waals surface area (Å²) in [6.07, 6.45) is 1.32. The van der Waals surface area contributed by atoms with Crippen molar-refractivity contribution in [3.8, 4) is 11.5 Å². The van der Waals surface area contributed by atoms with Crippen LogP contribution in [0.3, 0.4) is 0 Å². The predicted molar refractivity (Wildman–Crippen MR) is 63.3 cm³/mol. The van der Waals surface area contributed by atoms with Crippen LogP contribution >= 0.6 is 0 Å². The summed E-state index contributed by atoms with van der Waals surface area (Å²) in [6, 6.07) is 2.96. The first-order valence-electron chi connectivity index (χ1n) is 5.25. The molecule has 6 heteroatoms. The first-order valence-corrected chi connectivity index (χ1v) is 5.25. The van der Waals surface area contributed by atoms with Gasteiger partial charge in [0.25, 0.3) is 0 Å². The molecule has 0 spiro atoms. The third-order valence-electron chi connectivity index (χ3n) is 2.42. The maximum absolute atomic E-state index is 10.7. The average molecular weight is 240 g/mol.